The molecule has 7 heteroatoms. The van der Waals surface area contributed by atoms with Gasteiger partial charge in [-0.3, -0.25) is 9.69 Å². The van der Waals surface area contributed by atoms with Crippen LogP contribution in [0, 0.1) is 5.92 Å². The van der Waals surface area contributed by atoms with E-state index in [0.29, 0.717) is 23.5 Å². The standard InChI is InChI=1S/C22H32N4O3/c1-4-17(14-25-9-11-29-12-10-25)23-22(28)24-20-15-26(13-16(2)3)21(27)19-8-6-5-7-18(19)20/h5-8,15-17H,4,9-14H2,1-3H3,(H2,23,24,28)/t17-/m1/s1. The number of amides is 2. The van der Waals surface area contributed by atoms with Crippen molar-refractivity contribution < 1.29 is 9.53 Å². The Hall–Kier alpha value is -2.38. The molecule has 2 aromatic rings. The van der Waals surface area contributed by atoms with Crippen LogP contribution in [0.3, 0.4) is 0 Å². The van der Waals surface area contributed by atoms with Crippen molar-refractivity contribution in [1.29, 1.82) is 0 Å². The molecule has 2 heterocycles. The van der Waals surface area contributed by atoms with Crippen LogP contribution in [0.4, 0.5) is 10.5 Å². The first-order chi connectivity index (χ1) is 14.0. The molecule has 1 aliphatic heterocycles. The molecule has 158 valence electrons. The molecule has 0 saturated carbocycles. The van der Waals surface area contributed by atoms with E-state index in [4.69, 9.17) is 4.74 Å². The van der Waals surface area contributed by atoms with E-state index in [2.05, 4.69) is 36.3 Å². The maximum atomic E-state index is 12.8. The van der Waals surface area contributed by atoms with Gasteiger partial charge in [-0.25, -0.2) is 4.79 Å². The Balaban J connectivity index is 1.76. The van der Waals surface area contributed by atoms with Gasteiger partial charge in [-0.2, -0.15) is 0 Å². The Bertz CT molecular complexity index is 887. The molecule has 1 saturated heterocycles. The van der Waals surface area contributed by atoms with E-state index in [1.807, 2.05) is 24.3 Å². The van der Waals surface area contributed by atoms with E-state index in [1.165, 1.54) is 0 Å². The second-order valence-corrected chi connectivity index (χ2v) is 8.06. The largest absolute Gasteiger partial charge is 0.379 e. The van der Waals surface area contributed by atoms with Crippen LogP contribution in [-0.4, -0.2) is 54.4 Å². The fourth-order valence-electron chi connectivity index (χ4n) is 3.69. The number of urea groups is 1. The zero-order chi connectivity index (χ0) is 20.8. The number of rotatable bonds is 7. The molecule has 0 radical (unpaired) electrons. The van der Waals surface area contributed by atoms with E-state index < -0.39 is 0 Å². The summed E-state index contributed by atoms with van der Waals surface area (Å²) in [6, 6.07) is 7.22. The number of nitrogens with zero attached hydrogens (tertiary/aromatic N) is 2. The maximum absolute atomic E-state index is 12.8. The van der Waals surface area contributed by atoms with Gasteiger partial charge in [0, 0.05) is 49.2 Å². The van der Waals surface area contributed by atoms with Crippen LogP contribution in [0.15, 0.2) is 35.3 Å². The Morgan fingerprint density at radius 3 is 2.48 bits per heavy atom. The van der Waals surface area contributed by atoms with Crippen LogP contribution >= 0.6 is 0 Å². The fraction of sp³-hybridized carbons (Fsp3) is 0.545. The third-order valence-electron chi connectivity index (χ3n) is 5.21. The molecule has 1 fully saturated rings. The van der Waals surface area contributed by atoms with Crippen LogP contribution in [0.25, 0.3) is 10.8 Å². The summed E-state index contributed by atoms with van der Waals surface area (Å²) in [5, 5.41) is 7.43. The Kier molecular flexibility index (Phi) is 7.28. The van der Waals surface area contributed by atoms with Gasteiger partial charge in [0.1, 0.15) is 0 Å². The third kappa shape index (κ3) is 5.58. The topological polar surface area (TPSA) is 75.6 Å². The van der Waals surface area contributed by atoms with Crippen molar-refractivity contribution in [2.24, 2.45) is 5.92 Å². The predicted molar refractivity (Wildman–Crippen MR) is 117 cm³/mol. The van der Waals surface area contributed by atoms with Gasteiger partial charge in [0.15, 0.2) is 0 Å². The first-order valence-corrected chi connectivity index (χ1v) is 10.5. The molecule has 0 bridgehead atoms. The number of hydrogen-bond acceptors (Lipinski definition) is 4. The number of benzene rings is 1. The zero-order valence-corrected chi connectivity index (χ0v) is 17.6. The fourth-order valence-corrected chi connectivity index (χ4v) is 3.69. The zero-order valence-electron chi connectivity index (χ0n) is 17.6. The molecular formula is C22H32N4O3. The van der Waals surface area contributed by atoms with Crippen molar-refractivity contribution >= 4 is 22.5 Å². The summed E-state index contributed by atoms with van der Waals surface area (Å²) < 4.78 is 7.08. The number of nitrogens with one attached hydrogen (secondary N) is 2. The Labute approximate surface area is 172 Å². The quantitative estimate of drug-likeness (QED) is 0.749. The minimum Gasteiger partial charge on any atom is -0.379 e. The van der Waals surface area contributed by atoms with Gasteiger partial charge in [0.25, 0.3) is 5.56 Å². The summed E-state index contributed by atoms with van der Waals surface area (Å²) in [6.45, 7) is 10.9. The summed E-state index contributed by atoms with van der Waals surface area (Å²) in [6.07, 6.45) is 2.60. The number of hydrogen-bond donors (Lipinski definition) is 2. The highest BCUT2D eigenvalue weighted by Crippen LogP contribution is 2.21. The molecule has 2 N–H and O–H groups in total. The number of aromatic nitrogens is 1. The van der Waals surface area contributed by atoms with Gasteiger partial charge in [0.2, 0.25) is 0 Å². The molecule has 1 aromatic heterocycles. The SMILES string of the molecule is CC[C@H](CN1CCOCC1)NC(=O)Nc1cn(CC(C)C)c(=O)c2ccccc12. The third-order valence-corrected chi connectivity index (χ3v) is 5.21. The van der Waals surface area contributed by atoms with Crippen LogP contribution in [0.2, 0.25) is 0 Å². The van der Waals surface area contributed by atoms with Crippen LogP contribution < -0.4 is 16.2 Å². The molecule has 0 aliphatic carbocycles. The molecule has 3 rings (SSSR count). The summed E-state index contributed by atoms with van der Waals surface area (Å²) in [7, 11) is 0. The molecule has 2 amide bonds. The number of carbonyl (C=O) groups excluding carboxylic acids is 1. The molecule has 1 aliphatic rings. The van der Waals surface area contributed by atoms with E-state index in [-0.39, 0.29) is 17.6 Å². The van der Waals surface area contributed by atoms with Crippen LogP contribution in [0.5, 0.6) is 0 Å². The van der Waals surface area contributed by atoms with Crippen molar-refractivity contribution in [3.05, 3.63) is 40.8 Å². The molecule has 0 unspecified atom stereocenters. The summed E-state index contributed by atoms with van der Waals surface area (Å²) in [5.41, 5.74) is 0.624. The van der Waals surface area contributed by atoms with Gasteiger partial charge in [0.05, 0.1) is 18.9 Å². The summed E-state index contributed by atoms with van der Waals surface area (Å²) >= 11 is 0. The first kappa shape index (κ1) is 21.3. The highest BCUT2D eigenvalue weighted by molar-refractivity contribution is 6.01. The van der Waals surface area contributed by atoms with Crippen LogP contribution in [-0.2, 0) is 11.3 Å². The van der Waals surface area contributed by atoms with Gasteiger partial charge in [-0.15, -0.1) is 0 Å². The lowest BCUT2D eigenvalue weighted by Gasteiger charge is -2.30. The molecule has 0 spiro atoms. The van der Waals surface area contributed by atoms with E-state index in [1.54, 1.807) is 10.8 Å². The number of anilines is 1. The second kappa shape index (κ2) is 9.89. The van der Waals surface area contributed by atoms with Crippen molar-refractivity contribution in [2.75, 3.05) is 38.2 Å². The molecule has 1 aromatic carbocycles. The minimum absolute atomic E-state index is 0.0287. The van der Waals surface area contributed by atoms with Crippen molar-refractivity contribution in [1.82, 2.24) is 14.8 Å². The highest BCUT2D eigenvalue weighted by Gasteiger charge is 2.18. The van der Waals surface area contributed by atoms with Crippen LogP contribution in [0.1, 0.15) is 27.2 Å². The average molecular weight is 401 g/mol. The van der Waals surface area contributed by atoms with Gasteiger partial charge in [-0.05, 0) is 18.4 Å². The molecular weight excluding hydrogens is 368 g/mol. The lowest BCUT2D eigenvalue weighted by atomic mass is 10.1. The Morgan fingerprint density at radius 1 is 1.14 bits per heavy atom. The summed E-state index contributed by atoms with van der Waals surface area (Å²) in [4.78, 5) is 27.8. The monoisotopic (exact) mass is 400 g/mol. The smallest absolute Gasteiger partial charge is 0.319 e. The maximum Gasteiger partial charge on any atom is 0.319 e. The van der Waals surface area contributed by atoms with Crippen molar-refractivity contribution in [3.63, 3.8) is 0 Å². The molecule has 29 heavy (non-hydrogen) atoms. The van der Waals surface area contributed by atoms with Gasteiger partial charge in [-0.1, -0.05) is 39.0 Å². The minimum atomic E-state index is -0.245. The number of ether oxygens (including phenoxy) is 1. The number of morpholine rings is 1. The highest BCUT2D eigenvalue weighted by atomic mass is 16.5. The lowest BCUT2D eigenvalue weighted by molar-refractivity contribution is 0.0340. The average Bonchev–Trinajstić information content (AvgIpc) is 2.71. The number of carbonyl (C=O) groups is 1. The molecule has 7 nitrogen and oxygen atoms in total. The second-order valence-electron chi connectivity index (χ2n) is 8.06. The first-order valence-electron chi connectivity index (χ1n) is 10.5. The lowest BCUT2D eigenvalue weighted by Crippen LogP contribution is -2.48. The van der Waals surface area contributed by atoms with Crippen molar-refractivity contribution in [3.8, 4) is 0 Å². The van der Waals surface area contributed by atoms with Gasteiger partial charge >= 0.3 is 6.03 Å². The Morgan fingerprint density at radius 2 is 1.83 bits per heavy atom. The van der Waals surface area contributed by atoms with E-state index in [0.717, 1.165) is 44.7 Å². The normalized spacial score (nSPS) is 16.1. The van der Waals surface area contributed by atoms with E-state index in [9.17, 15) is 9.59 Å². The summed E-state index contributed by atoms with van der Waals surface area (Å²) in [5.74, 6) is 0.327. The van der Waals surface area contributed by atoms with Crippen molar-refractivity contribution in [2.45, 2.75) is 39.8 Å². The number of pyridine rings is 1. The van der Waals surface area contributed by atoms with Gasteiger partial charge < -0.3 is 19.9 Å². The predicted octanol–water partition coefficient (Wildman–Crippen LogP) is 2.89. The number of fused-ring (bicyclic) bond motifs is 1. The molecule has 1 atom stereocenters. The van der Waals surface area contributed by atoms with E-state index >= 15 is 0 Å².